The van der Waals surface area contributed by atoms with Crippen LogP contribution in [0.2, 0.25) is 0 Å². The summed E-state index contributed by atoms with van der Waals surface area (Å²) in [6.07, 6.45) is 3.33. The molecule has 0 aliphatic rings. The highest BCUT2D eigenvalue weighted by molar-refractivity contribution is 5.96. The van der Waals surface area contributed by atoms with Crippen molar-refractivity contribution in [1.29, 1.82) is 0 Å². The van der Waals surface area contributed by atoms with E-state index in [4.69, 9.17) is 0 Å². The molecule has 1 amide bonds. The molecule has 1 heterocycles. The first-order valence-corrected chi connectivity index (χ1v) is 9.13. The van der Waals surface area contributed by atoms with Gasteiger partial charge in [0.15, 0.2) is 0 Å². The molecular formula is C23H20N4O. The van der Waals surface area contributed by atoms with Gasteiger partial charge in [-0.05, 0) is 47.5 Å². The van der Waals surface area contributed by atoms with Crippen LogP contribution in [0.15, 0.2) is 85.2 Å². The first-order chi connectivity index (χ1) is 13.7. The third-order valence-corrected chi connectivity index (χ3v) is 4.58. The van der Waals surface area contributed by atoms with E-state index in [0.29, 0.717) is 11.5 Å². The molecule has 1 atom stereocenters. The molecule has 4 rings (SSSR count). The van der Waals surface area contributed by atoms with E-state index in [9.17, 15) is 4.79 Å². The predicted octanol–water partition coefficient (Wildman–Crippen LogP) is 4.86. The summed E-state index contributed by atoms with van der Waals surface area (Å²) >= 11 is 0. The van der Waals surface area contributed by atoms with Crippen molar-refractivity contribution in [1.82, 2.24) is 15.3 Å². The third kappa shape index (κ3) is 3.83. The fourth-order valence-corrected chi connectivity index (χ4v) is 3.22. The van der Waals surface area contributed by atoms with Crippen molar-refractivity contribution >= 4 is 28.3 Å². The SMILES string of the molecule is CC(NC(=O)c1cccc(Nc2ncccn2)c1)c1cccc2ccccc12. The largest absolute Gasteiger partial charge is 0.345 e. The summed E-state index contributed by atoms with van der Waals surface area (Å²) in [6, 6.07) is 23.3. The van der Waals surface area contributed by atoms with Crippen LogP contribution >= 0.6 is 0 Å². The lowest BCUT2D eigenvalue weighted by Crippen LogP contribution is -2.26. The standard InChI is InChI=1S/C23H20N4O/c1-16(20-12-5-8-17-7-2-3-11-21(17)20)26-22(28)18-9-4-10-19(15-18)27-23-24-13-6-14-25-23/h2-16H,1H3,(H,26,28)(H,24,25,27). The van der Waals surface area contributed by atoms with Gasteiger partial charge in [-0.15, -0.1) is 0 Å². The van der Waals surface area contributed by atoms with Gasteiger partial charge in [-0.3, -0.25) is 4.79 Å². The number of fused-ring (bicyclic) bond motifs is 1. The topological polar surface area (TPSA) is 66.9 Å². The monoisotopic (exact) mass is 368 g/mol. The van der Waals surface area contributed by atoms with Gasteiger partial charge in [0.1, 0.15) is 0 Å². The Hall–Kier alpha value is -3.73. The molecule has 0 spiro atoms. The predicted molar refractivity (Wildman–Crippen MR) is 112 cm³/mol. The molecule has 0 saturated heterocycles. The number of nitrogens with zero attached hydrogens (tertiary/aromatic N) is 2. The fourth-order valence-electron chi connectivity index (χ4n) is 3.22. The van der Waals surface area contributed by atoms with E-state index in [1.165, 1.54) is 0 Å². The molecule has 0 bridgehead atoms. The van der Waals surface area contributed by atoms with Crippen LogP contribution in [-0.4, -0.2) is 15.9 Å². The lowest BCUT2D eigenvalue weighted by molar-refractivity contribution is 0.0940. The van der Waals surface area contributed by atoms with Gasteiger partial charge >= 0.3 is 0 Å². The van der Waals surface area contributed by atoms with Crippen molar-refractivity contribution in [2.75, 3.05) is 5.32 Å². The first-order valence-electron chi connectivity index (χ1n) is 9.13. The summed E-state index contributed by atoms with van der Waals surface area (Å²) in [5, 5.41) is 8.51. The Kier molecular flexibility index (Phi) is 4.97. The van der Waals surface area contributed by atoms with Crippen molar-refractivity contribution in [2.45, 2.75) is 13.0 Å². The van der Waals surface area contributed by atoms with Gasteiger partial charge in [-0.25, -0.2) is 9.97 Å². The minimum absolute atomic E-state index is 0.118. The van der Waals surface area contributed by atoms with E-state index in [-0.39, 0.29) is 11.9 Å². The average molecular weight is 368 g/mol. The second-order valence-corrected chi connectivity index (χ2v) is 6.54. The minimum atomic E-state index is -0.127. The Balaban J connectivity index is 1.52. The van der Waals surface area contributed by atoms with Gasteiger partial charge in [0, 0.05) is 23.6 Å². The smallest absolute Gasteiger partial charge is 0.251 e. The maximum Gasteiger partial charge on any atom is 0.251 e. The van der Waals surface area contributed by atoms with Crippen LogP contribution < -0.4 is 10.6 Å². The zero-order chi connectivity index (χ0) is 19.3. The maximum atomic E-state index is 12.8. The highest BCUT2D eigenvalue weighted by atomic mass is 16.1. The number of benzene rings is 3. The summed E-state index contributed by atoms with van der Waals surface area (Å²) in [5.74, 6) is 0.363. The molecule has 138 valence electrons. The Bertz CT molecular complexity index is 1110. The van der Waals surface area contributed by atoms with Gasteiger partial charge in [-0.1, -0.05) is 48.5 Å². The van der Waals surface area contributed by atoms with Crippen LogP contribution in [0.5, 0.6) is 0 Å². The van der Waals surface area contributed by atoms with Crippen LogP contribution in [0, 0.1) is 0 Å². The number of anilines is 2. The fraction of sp³-hybridized carbons (Fsp3) is 0.0870. The average Bonchev–Trinajstić information content (AvgIpc) is 2.74. The van der Waals surface area contributed by atoms with Crippen LogP contribution in [0.1, 0.15) is 28.9 Å². The zero-order valence-electron chi connectivity index (χ0n) is 15.5. The van der Waals surface area contributed by atoms with E-state index in [1.54, 1.807) is 30.6 Å². The number of amides is 1. The van der Waals surface area contributed by atoms with Crippen LogP contribution in [-0.2, 0) is 0 Å². The molecule has 2 N–H and O–H groups in total. The van der Waals surface area contributed by atoms with Crippen molar-refractivity contribution in [2.24, 2.45) is 0 Å². The Labute approximate surface area is 163 Å². The summed E-state index contributed by atoms with van der Waals surface area (Å²) in [6.45, 7) is 2.00. The molecule has 28 heavy (non-hydrogen) atoms. The summed E-state index contributed by atoms with van der Waals surface area (Å²) in [4.78, 5) is 21.1. The molecule has 0 fully saturated rings. The normalized spacial score (nSPS) is 11.8. The summed E-state index contributed by atoms with van der Waals surface area (Å²) in [5.41, 5.74) is 2.43. The minimum Gasteiger partial charge on any atom is -0.345 e. The molecule has 1 unspecified atom stereocenters. The number of carbonyl (C=O) groups excluding carboxylic acids is 1. The number of nitrogens with one attached hydrogen (secondary N) is 2. The molecular weight excluding hydrogens is 348 g/mol. The number of carbonyl (C=O) groups is 1. The second-order valence-electron chi connectivity index (χ2n) is 6.54. The highest BCUT2D eigenvalue weighted by Crippen LogP contribution is 2.24. The van der Waals surface area contributed by atoms with E-state index in [2.05, 4.69) is 44.9 Å². The summed E-state index contributed by atoms with van der Waals surface area (Å²) in [7, 11) is 0. The lowest BCUT2D eigenvalue weighted by atomic mass is 9.99. The summed E-state index contributed by atoms with van der Waals surface area (Å²) < 4.78 is 0. The number of aromatic nitrogens is 2. The highest BCUT2D eigenvalue weighted by Gasteiger charge is 2.14. The van der Waals surface area contributed by atoms with Crippen molar-refractivity contribution < 1.29 is 4.79 Å². The third-order valence-electron chi connectivity index (χ3n) is 4.58. The number of rotatable bonds is 5. The van der Waals surface area contributed by atoms with Gasteiger partial charge in [0.05, 0.1) is 6.04 Å². The van der Waals surface area contributed by atoms with Gasteiger partial charge < -0.3 is 10.6 Å². The molecule has 5 nitrogen and oxygen atoms in total. The van der Waals surface area contributed by atoms with E-state index in [1.807, 2.05) is 37.3 Å². The molecule has 0 radical (unpaired) electrons. The molecule has 3 aromatic carbocycles. The molecule has 0 aliphatic heterocycles. The van der Waals surface area contributed by atoms with E-state index in [0.717, 1.165) is 22.0 Å². The van der Waals surface area contributed by atoms with Gasteiger partial charge in [0.25, 0.3) is 5.91 Å². The Morgan fingerprint density at radius 1 is 0.893 bits per heavy atom. The second kappa shape index (κ2) is 7.88. The van der Waals surface area contributed by atoms with Crippen LogP contribution in [0.25, 0.3) is 10.8 Å². The molecule has 4 aromatic rings. The maximum absolute atomic E-state index is 12.8. The number of hydrogen-bond donors (Lipinski definition) is 2. The van der Waals surface area contributed by atoms with E-state index >= 15 is 0 Å². The molecule has 0 saturated carbocycles. The van der Waals surface area contributed by atoms with E-state index < -0.39 is 0 Å². The van der Waals surface area contributed by atoms with Gasteiger partial charge in [-0.2, -0.15) is 0 Å². The van der Waals surface area contributed by atoms with Crippen molar-refractivity contribution in [3.63, 3.8) is 0 Å². The Morgan fingerprint density at radius 2 is 1.64 bits per heavy atom. The van der Waals surface area contributed by atoms with Crippen LogP contribution in [0.4, 0.5) is 11.6 Å². The van der Waals surface area contributed by atoms with Gasteiger partial charge in [0.2, 0.25) is 5.95 Å². The van der Waals surface area contributed by atoms with Crippen molar-refractivity contribution in [3.8, 4) is 0 Å². The quantitative estimate of drug-likeness (QED) is 0.528. The lowest BCUT2D eigenvalue weighted by Gasteiger charge is -2.17. The number of hydrogen-bond acceptors (Lipinski definition) is 4. The zero-order valence-corrected chi connectivity index (χ0v) is 15.5. The van der Waals surface area contributed by atoms with Crippen molar-refractivity contribution in [3.05, 3.63) is 96.3 Å². The first kappa shape index (κ1) is 17.7. The molecule has 0 aliphatic carbocycles. The molecule has 1 aromatic heterocycles. The Morgan fingerprint density at radius 3 is 2.50 bits per heavy atom. The molecule has 5 heteroatoms. The van der Waals surface area contributed by atoms with Crippen LogP contribution in [0.3, 0.4) is 0 Å².